The summed E-state index contributed by atoms with van der Waals surface area (Å²) < 4.78 is 16.8. The van der Waals surface area contributed by atoms with Crippen molar-refractivity contribution in [2.24, 2.45) is 58.2 Å². The fraction of sp³-hybridized carbons (Fsp3) is 0.933. The van der Waals surface area contributed by atoms with Crippen molar-refractivity contribution in [2.45, 2.75) is 98.5 Å². The normalized spacial score (nSPS) is 45.7. The number of hydrogen-bond acceptors (Lipinski definition) is 5. The van der Waals surface area contributed by atoms with Gasteiger partial charge in [0.1, 0.15) is 6.79 Å². The highest BCUT2D eigenvalue weighted by atomic mass is 16.7. The molecule has 4 aliphatic carbocycles. The van der Waals surface area contributed by atoms with E-state index in [2.05, 4.69) is 34.6 Å². The quantitative estimate of drug-likeness (QED) is 0.227. The van der Waals surface area contributed by atoms with E-state index < -0.39 is 5.97 Å². The molecule has 0 saturated heterocycles. The fourth-order valence-electron chi connectivity index (χ4n) is 10.1. The van der Waals surface area contributed by atoms with Gasteiger partial charge < -0.3 is 14.2 Å². The van der Waals surface area contributed by atoms with Crippen LogP contribution in [-0.4, -0.2) is 38.9 Å². The molecule has 4 fully saturated rings. The van der Waals surface area contributed by atoms with Gasteiger partial charge in [-0.25, -0.2) is 4.79 Å². The first kappa shape index (κ1) is 27.1. The molecule has 0 N–H and O–H groups in total. The molecule has 5 nitrogen and oxygen atoms in total. The maximum atomic E-state index is 12.4. The first-order chi connectivity index (χ1) is 16.6. The highest BCUT2D eigenvalue weighted by molar-refractivity contribution is 6.33. The highest BCUT2D eigenvalue weighted by Crippen LogP contribution is 2.70. The van der Waals surface area contributed by atoms with E-state index in [-0.39, 0.29) is 23.2 Å². The summed E-state index contributed by atoms with van der Waals surface area (Å²) in [6, 6.07) is 0. The Hall–Kier alpha value is -0.940. The van der Waals surface area contributed by atoms with Crippen LogP contribution in [0.4, 0.5) is 0 Å². The second-order valence-corrected chi connectivity index (χ2v) is 13.2. The molecule has 4 aliphatic rings. The molecule has 0 bridgehead atoms. The molecule has 200 valence electrons. The number of Topliss-reactive ketones (excluding diaryl/α,β-unsaturated/α-hetero) is 1. The van der Waals surface area contributed by atoms with E-state index in [1.165, 1.54) is 52.1 Å². The molecule has 4 saturated carbocycles. The Morgan fingerprint density at radius 1 is 0.971 bits per heavy atom. The number of hydrogen-bond donors (Lipinski definition) is 0. The minimum Gasteiger partial charge on any atom is -0.463 e. The maximum absolute atomic E-state index is 12.4. The van der Waals surface area contributed by atoms with Gasteiger partial charge in [0, 0.05) is 13.5 Å². The zero-order chi connectivity index (χ0) is 25.5. The Morgan fingerprint density at radius 3 is 2.31 bits per heavy atom. The maximum Gasteiger partial charge on any atom is 0.374 e. The van der Waals surface area contributed by atoms with Crippen molar-refractivity contribution in [1.29, 1.82) is 0 Å². The van der Waals surface area contributed by atoms with Crippen LogP contribution in [0.1, 0.15) is 92.4 Å². The predicted octanol–water partition coefficient (Wildman–Crippen LogP) is 6.28. The average molecular weight is 491 g/mol. The summed E-state index contributed by atoms with van der Waals surface area (Å²) in [5.74, 6) is 3.56. The SMILES string of the molecule is CC[C@H]1C(OCOC)C2C3CC[C@H]([C@H](C)CC(=O)C(=O)OC)[C@@]3(C)CCC2[C@@]2(C)CC[C@@H](C)C[C@@H]12. The van der Waals surface area contributed by atoms with Crippen LogP contribution in [0.25, 0.3) is 0 Å². The van der Waals surface area contributed by atoms with E-state index in [0.717, 1.165) is 18.3 Å². The predicted molar refractivity (Wildman–Crippen MR) is 136 cm³/mol. The van der Waals surface area contributed by atoms with Crippen molar-refractivity contribution in [3.63, 3.8) is 0 Å². The van der Waals surface area contributed by atoms with E-state index in [4.69, 9.17) is 14.2 Å². The van der Waals surface area contributed by atoms with Crippen LogP contribution in [0.2, 0.25) is 0 Å². The Balaban J connectivity index is 1.65. The summed E-state index contributed by atoms with van der Waals surface area (Å²) in [5.41, 5.74) is 0.589. The molecule has 0 spiro atoms. The summed E-state index contributed by atoms with van der Waals surface area (Å²) >= 11 is 0. The lowest BCUT2D eigenvalue weighted by Crippen LogP contribution is -2.62. The number of methoxy groups -OCH3 is 2. The molecule has 0 radical (unpaired) electrons. The van der Waals surface area contributed by atoms with E-state index in [1.54, 1.807) is 7.11 Å². The van der Waals surface area contributed by atoms with E-state index in [1.807, 2.05) is 0 Å². The van der Waals surface area contributed by atoms with Gasteiger partial charge in [-0.15, -0.1) is 0 Å². The van der Waals surface area contributed by atoms with Gasteiger partial charge in [0.05, 0.1) is 13.2 Å². The number of ether oxygens (including phenoxy) is 3. The van der Waals surface area contributed by atoms with Crippen LogP contribution in [0.15, 0.2) is 0 Å². The lowest BCUT2D eigenvalue weighted by atomic mass is 9.41. The smallest absolute Gasteiger partial charge is 0.374 e. The van der Waals surface area contributed by atoms with Crippen molar-refractivity contribution in [2.75, 3.05) is 21.0 Å². The molecule has 35 heavy (non-hydrogen) atoms. The van der Waals surface area contributed by atoms with Crippen LogP contribution in [0, 0.1) is 58.2 Å². The summed E-state index contributed by atoms with van der Waals surface area (Å²) in [6.07, 6.45) is 10.6. The lowest BCUT2D eigenvalue weighted by Gasteiger charge is -2.65. The molecule has 4 unspecified atom stereocenters. The third-order valence-electron chi connectivity index (χ3n) is 11.7. The largest absolute Gasteiger partial charge is 0.463 e. The standard InChI is InChI=1S/C30H50O5/c1-8-20-24-15-18(2)11-13-30(24,5)23-12-14-29(4)21(19(3)16-25(31)28(32)34-7)9-10-22(29)26(23)27(20)35-17-33-6/h18-24,26-27H,8-17H2,1-7H3/t18-,19-,20-,21-,22?,23?,24+,26?,27?,29-,30-/m1/s1. The monoisotopic (exact) mass is 490 g/mol. The number of esters is 1. The molecule has 0 aromatic rings. The van der Waals surface area contributed by atoms with Gasteiger partial charge in [-0.05, 0) is 96.7 Å². The highest BCUT2D eigenvalue weighted by Gasteiger charge is 2.65. The molecular weight excluding hydrogens is 440 g/mol. The van der Waals surface area contributed by atoms with Crippen LogP contribution in [-0.2, 0) is 23.8 Å². The minimum atomic E-state index is -0.697. The molecule has 0 aromatic carbocycles. The van der Waals surface area contributed by atoms with Gasteiger partial charge >= 0.3 is 5.97 Å². The van der Waals surface area contributed by atoms with Gasteiger partial charge in [-0.1, -0.05) is 47.5 Å². The number of rotatable bonds is 8. The van der Waals surface area contributed by atoms with Gasteiger partial charge in [0.25, 0.3) is 0 Å². The van der Waals surface area contributed by atoms with Crippen LogP contribution in [0.3, 0.4) is 0 Å². The molecule has 5 heteroatoms. The summed E-state index contributed by atoms with van der Waals surface area (Å²) in [7, 11) is 3.04. The number of fused-ring (bicyclic) bond motifs is 5. The molecule has 4 rings (SSSR count). The summed E-state index contributed by atoms with van der Waals surface area (Å²) in [5, 5.41) is 0. The topological polar surface area (TPSA) is 61.8 Å². The van der Waals surface area contributed by atoms with Crippen molar-refractivity contribution in [1.82, 2.24) is 0 Å². The molecule has 0 heterocycles. The first-order valence-electron chi connectivity index (χ1n) is 14.3. The Bertz CT molecular complexity index is 781. The minimum absolute atomic E-state index is 0.190. The molecule has 0 aliphatic heterocycles. The lowest BCUT2D eigenvalue weighted by molar-refractivity contribution is -0.231. The Labute approximate surface area is 213 Å². The number of ketones is 1. The third-order valence-corrected chi connectivity index (χ3v) is 11.7. The Morgan fingerprint density at radius 2 is 1.66 bits per heavy atom. The third kappa shape index (κ3) is 4.51. The second-order valence-electron chi connectivity index (χ2n) is 13.2. The van der Waals surface area contributed by atoms with Crippen molar-refractivity contribution in [3.05, 3.63) is 0 Å². The molecule has 11 atom stereocenters. The van der Waals surface area contributed by atoms with Gasteiger partial charge in [-0.3, -0.25) is 4.79 Å². The van der Waals surface area contributed by atoms with Crippen molar-refractivity contribution >= 4 is 11.8 Å². The number of carbonyl (C=O) groups is 2. The zero-order valence-electron chi connectivity index (χ0n) is 23.3. The first-order valence-corrected chi connectivity index (χ1v) is 14.3. The zero-order valence-corrected chi connectivity index (χ0v) is 23.3. The van der Waals surface area contributed by atoms with Gasteiger partial charge in [-0.2, -0.15) is 0 Å². The van der Waals surface area contributed by atoms with Crippen LogP contribution in [0.5, 0.6) is 0 Å². The van der Waals surface area contributed by atoms with E-state index >= 15 is 0 Å². The number of carbonyl (C=O) groups excluding carboxylic acids is 2. The van der Waals surface area contributed by atoms with Crippen molar-refractivity contribution in [3.8, 4) is 0 Å². The van der Waals surface area contributed by atoms with Crippen LogP contribution >= 0.6 is 0 Å². The van der Waals surface area contributed by atoms with Crippen molar-refractivity contribution < 1.29 is 23.8 Å². The van der Waals surface area contributed by atoms with E-state index in [0.29, 0.717) is 48.2 Å². The summed E-state index contributed by atoms with van der Waals surface area (Å²) in [4.78, 5) is 24.2. The fourth-order valence-corrected chi connectivity index (χ4v) is 10.1. The van der Waals surface area contributed by atoms with Crippen LogP contribution < -0.4 is 0 Å². The molecule has 0 aromatic heterocycles. The Kier molecular flexibility index (Phi) is 8.08. The molecular formula is C30H50O5. The van der Waals surface area contributed by atoms with Gasteiger partial charge in [0.2, 0.25) is 5.78 Å². The summed E-state index contributed by atoms with van der Waals surface area (Å²) in [6.45, 7) is 12.5. The van der Waals surface area contributed by atoms with E-state index in [9.17, 15) is 9.59 Å². The second kappa shape index (κ2) is 10.4. The van der Waals surface area contributed by atoms with Gasteiger partial charge in [0.15, 0.2) is 0 Å². The molecule has 0 amide bonds. The average Bonchev–Trinajstić information content (AvgIpc) is 3.19.